The highest BCUT2D eigenvalue weighted by Crippen LogP contribution is 2.01. The molecule has 3 heteroatoms. The average molecular weight is 213 g/mol. The van der Waals surface area contributed by atoms with Crippen molar-refractivity contribution in [3.05, 3.63) is 0 Å². The van der Waals surface area contributed by atoms with Gasteiger partial charge in [0.05, 0.1) is 0 Å². The van der Waals surface area contributed by atoms with Crippen molar-refractivity contribution >= 4 is 0 Å². The van der Waals surface area contributed by atoms with Gasteiger partial charge >= 0.3 is 0 Å². The first-order chi connectivity index (χ1) is 7.01. The molecular formula is C12H27N3. The Morgan fingerprint density at radius 1 is 1.00 bits per heavy atom. The fraction of sp³-hybridized carbons (Fsp3) is 1.00. The lowest BCUT2D eigenvalue weighted by Crippen LogP contribution is -2.49. The standard InChI is InChI=1S/C12H27N3/c1-5-14-8-10-15(11-9-14)7-6-13-12(2,3)4/h13H,5-11H2,1-4H3. The zero-order valence-corrected chi connectivity index (χ0v) is 10.8. The molecule has 0 aromatic rings. The molecule has 90 valence electrons. The molecule has 0 atom stereocenters. The number of nitrogens with zero attached hydrogens (tertiary/aromatic N) is 2. The van der Waals surface area contributed by atoms with Crippen LogP contribution in [0.4, 0.5) is 0 Å². The first kappa shape index (κ1) is 12.9. The minimum Gasteiger partial charge on any atom is -0.311 e. The van der Waals surface area contributed by atoms with Crippen molar-refractivity contribution < 1.29 is 0 Å². The van der Waals surface area contributed by atoms with Crippen LogP contribution in [-0.2, 0) is 0 Å². The van der Waals surface area contributed by atoms with Gasteiger partial charge in [-0.15, -0.1) is 0 Å². The Morgan fingerprint density at radius 2 is 1.53 bits per heavy atom. The van der Waals surface area contributed by atoms with Gasteiger partial charge in [0.1, 0.15) is 0 Å². The summed E-state index contributed by atoms with van der Waals surface area (Å²) in [7, 11) is 0. The molecule has 3 nitrogen and oxygen atoms in total. The summed E-state index contributed by atoms with van der Waals surface area (Å²) >= 11 is 0. The summed E-state index contributed by atoms with van der Waals surface area (Å²) in [6.45, 7) is 17.4. The molecule has 0 saturated carbocycles. The van der Waals surface area contributed by atoms with Gasteiger partial charge in [-0.2, -0.15) is 0 Å². The molecule has 0 aromatic heterocycles. The molecule has 1 saturated heterocycles. The van der Waals surface area contributed by atoms with Gasteiger partial charge in [-0.05, 0) is 27.3 Å². The lowest BCUT2D eigenvalue weighted by Gasteiger charge is -2.34. The minimum absolute atomic E-state index is 0.255. The Morgan fingerprint density at radius 3 is 2.00 bits per heavy atom. The van der Waals surface area contributed by atoms with Crippen LogP contribution < -0.4 is 5.32 Å². The molecule has 0 radical (unpaired) electrons. The largest absolute Gasteiger partial charge is 0.311 e. The first-order valence-corrected chi connectivity index (χ1v) is 6.21. The number of rotatable bonds is 4. The smallest absolute Gasteiger partial charge is 0.0110 e. The van der Waals surface area contributed by atoms with Crippen LogP contribution in [0.25, 0.3) is 0 Å². The van der Waals surface area contributed by atoms with E-state index in [1.165, 1.54) is 39.3 Å². The summed E-state index contributed by atoms with van der Waals surface area (Å²) in [6, 6.07) is 0. The lowest BCUT2D eigenvalue weighted by molar-refractivity contribution is 0.136. The molecule has 0 unspecified atom stereocenters. The van der Waals surface area contributed by atoms with Crippen molar-refractivity contribution in [2.24, 2.45) is 0 Å². The molecule has 15 heavy (non-hydrogen) atoms. The third-order valence-corrected chi connectivity index (χ3v) is 3.00. The number of hydrogen-bond acceptors (Lipinski definition) is 3. The van der Waals surface area contributed by atoms with Crippen molar-refractivity contribution in [1.29, 1.82) is 0 Å². The van der Waals surface area contributed by atoms with Crippen molar-refractivity contribution in [1.82, 2.24) is 15.1 Å². The Hall–Kier alpha value is -0.120. The number of hydrogen-bond donors (Lipinski definition) is 1. The van der Waals surface area contributed by atoms with Gasteiger partial charge < -0.3 is 10.2 Å². The summed E-state index contributed by atoms with van der Waals surface area (Å²) in [6.07, 6.45) is 0. The Labute approximate surface area is 94.8 Å². The summed E-state index contributed by atoms with van der Waals surface area (Å²) < 4.78 is 0. The minimum atomic E-state index is 0.255. The van der Waals surface area contributed by atoms with E-state index in [2.05, 4.69) is 42.8 Å². The second-order valence-electron chi connectivity index (χ2n) is 5.45. The summed E-state index contributed by atoms with van der Waals surface area (Å²) in [5, 5.41) is 3.54. The summed E-state index contributed by atoms with van der Waals surface area (Å²) in [5.41, 5.74) is 0.255. The van der Waals surface area contributed by atoms with Gasteiger partial charge in [0, 0.05) is 44.8 Å². The number of nitrogens with one attached hydrogen (secondary N) is 1. The van der Waals surface area contributed by atoms with Crippen LogP contribution in [0.3, 0.4) is 0 Å². The van der Waals surface area contributed by atoms with Crippen LogP contribution in [0.1, 0.15) is 27.7 Å². The lowest BCUT2D eigenvalue weighted by atomic mass is 10.1. The Bertz CT molecular complexity index is 166. The van der Waals surface area contributed by atoms with E-state index in [1.807, 2.05) is 0 Å². The van der Waals surface area contributed by atoms with Crippen molar-refractivity contribution in [3.63, 3.8) is 0 Å². The second kappa shape index (κ2) is 5.83. The van der Waals surface area contributed by atoms with E-state index in [0.29, 0.717) is 0 Å². The fourth-order valence-corrected chi connectivity index (χ4v) is 1.92. The topological polar surface area (TPSA) is 18.5 Å². The van der Waals surface area contributed by atoms with Crippen LogP contribution in [0, 0.1) is 0 Å². The SMILES string of the molecule is CCN1CCN(CCNC(C)(C)C)CC1. The molecule has 1 aliphatic rings. The van der Waals surface area contributed by atoms with E-state index in [4.69, 9.17) is 0 Å². The highest BCUT2D eigenvalue weighted by atomic mass is 15.3. The zero-order valence-electron chi connectivity index (χ0n) is 10.8. The third kappa shape index (κ3) is 5.50. The van der Waals surface area contributed by atoms with E-state index in [-0.39, 0.29) is 5.54 Å². The molecule has 1 heterocycles. The molecule has 0 spiro atoms. The molecule has 1 fully saturated rings. The van der Waals surface area contributed by atoms with E-state index in [1.54, 1.807) is 0 Å². The Balaban J connectivity index is 2.09. The maximum Gasteiger partial charge on any atom is 0.0110 e. The third-order valence-electron chi connectivity index (χ3n) is 3.00. The van der Waals surface area contributed by atoms with Crippen LogP contribution in [0.5, 0.6) is 0 Å². The Kier molecular flexibility index (Phi) is 5.03. The zero-order chi connectivity index (χ0) is 11.3. The highest BCUT2D eigenvalue weighted by Gasteiger charge is 2.15. The number of piperazine rings is 1. The molecule has 0 amide bonds. The molecule has 1 rings (SSSR count). The average Bonchev–Trinajstić information content (AvgIpc) is 2.17. The van der Waals surface area contributed by atoms with E-state index >= 15 is 0 Å². The molecule has 0 aromatic carbocycles. The fourth-order valence-electron chi connectivity index (χ4n) is 1.92. The summed E-state index contributed by atoms with van der Waals surface area (Å²) in [4.78, 5) is 5.08. The molecule has 1 N–H and O–H groups in total. The van der Waals surface area contributed by atoms with E-state index in [9.17, 15) is 0 Å². The number of likely N-dealkylation sites (N-methyl/N-ethyl adjacent to an activating group) is 1. The van der Waals surface area contributed by atoms with Crippen LogP contribution in [-0.4, -0.2) is 61.2 Å². The maximum atomic E-state index is 3.54. The first-order valence-electron chi connectivity index (χ1n) is 6.21. The van der Waals surface area contributed by atoms with Crippen LogP contribution in [0.2, 0.25) is 0 Å². The summed E-state index contributed by atoms with van der Waals surface area (Å²) in [5.74, 6) is 0. The van der Waals surface area contributed by atoms with Gasteiger partial charge in [-0.1, -0.05) is 6.92 Å². The van der Waals surface area contributed by atoms with E-state index < -0.39 is 0 Å². The van der Waals surface area contributed by atoms with Gasteiger partial charge in [0.25, 0.3) is 0 Å². The van der Waals surface area contributed by atoms with Crippen LogP contribution in [0.15, 0.2) is 0 Å². The molecular weight excluding hydrogens is 186 g/mol. The predicted octanol–water partition coefficient (Wildman–Crippen LogP) is 1.01. The van der Waals surface area contributed by atoms with Crippen molar-refractivity contribution in [2.45, 2.75) is 33.2 Å². The molecule has 0 aliphatic carbocycles. The van der Waals surface area contributed by atoms with Gasteiger partial charge in [0.2, 0.25) is 0 Å². The van der Waals surface area contributed by atoms with Gasteiger partial charge in [-0.25, -0.2) is 0 Å². The maximum absolute atomic E-state index is 3.54. The molecule has 1 aliphatic heterocycles. The highest BCUT2D eigenvalue weighted by molar-refractivity contribution is 4.74. The normalized spacial score (nSPS) is 20.8. The molecule has 0 bridgehead atoms. The van der Waals surface area contributed by atoms with Crippen LogP contribution >= 0.6 is 0 Å². The monoisotopic (exact) mass is 213 g/mol. The van der Waals surface area contributed by atoms with Crippen molar-refractivity contribution in [2.75, 3.05) is 45.8 Å². The quantitative estimate of drug-likeness (QED) is 0.752. The second-order valence-corrected chi connectivity index (χ2v) is 5.45. The van der Waals surface area contributed by atoms with Gasteiger partial charge in [-0.3, -0.25) is 4.90 Å². The van der Waals surface area contributed by atoms with E-state index in [0.717, 1.165) is 6.54 Å². The predicted molar refractivity (Wildman–Crippen MR) is 66.3 cm³/mol. The van der Waals surface area contributed by atoms with Gasteiger partial charge in [0.15, 0.2) is 0 Å². The van der Waals surface area contributed by atoms with Crippen molar-refractivity contribution in [3.8, 4) is 0 Å².